The molecule has 0 aliphatic carbocycles. The monoisotopic (exact) mass is 256 g/mol. The second-order valence-electron chi connectivity index (χ2n) is 4.41. The van der Waals surface area contributed by atoms with Gasteiger partial charge in [0.1, 0.15) is 10.7 Å². The summed E-state index contributed by atoms with van der Waals surface area (Å²) in [5.41, 5.74) is 5.68. The van der Waals surface area contributed by atoms with Crippen molar-refractivity contribution in [3.05, 3.63) is 4.88 Å². The number of anilines is 2. The maximum Gasteiger partial charge on any atom is 0.265 e. The van der Waals surface area contributed by atoms with Crippen molar-refractivity contribution in [1.82, 2.24) is 10.3 Å². The molecule has 1 amide bonds. The summed E-state index contributed by atoms with van der Waals surface area (Å²) in [6, 6.07) is 0. The fraction of sp³-hybridized carbons (Fsp3) is 0.636. The van der Waals surface area contributed by atoms with Gasteiger partial charge in [0.25, 0.3) is 5.91 Å². The van der Waals surface area contributed by atoms with E-state index in [2.05, 4.69) is 36.4 Å². The molecule has 0 spiro atoms. The fourth-order valence-electron chi connectivity index (χ4n) is 1.17. The van der Waals surface area contributed by atoms with Crippen LogP contribution in [-0.2, 0) is 0 Å². The highest BCUT2D eigenvalue weighted by Crippen LogP contribution is 2.24. The molecule has 1 atom stereocenters. The van der Waals surface area contributed by atoms with Crippen LogP contribution in [0.1, 0.15) is 30.4 Å². The van der Waals surface area contributed by atoms with Crippen LogP contribution in [0, 0.1) is 11.8 Å². The summed E-state index contributed by atoms with van der Waals surface area (Å²) in [6.45, 7) is 7.04. The number of nitrogen functional groups attached to an aromatic ring is 1. The van der Waals surface area contributed by atoms with Crippen molar-refractivity contribution in [2.75, 3.05) is 24.6 Å². The number of thiazole rings is 1. The Labute approximate surface area is 106 Å². The zero-order chi connectivity index (χ0) is 13.0. The van der Waals surface area contributed by atoms with E-state index in [4.69, 9.17) is 5.73 Å². The number of hydrogen-bond donors (Lipinski definition) is 3. The predicted octanol–water partition coefficient (Wildman–Crippen LogP) is 1.79. The summed E-state index contributed by atoms with van der Waals surface area (Å²) >= 11 is 1.27. The number of carbonyl (C=O) groups is 1. The molecule has 17 heavy (non-hydrogen) atoms. The molecule has 0 saturated carbocycles. The molecule has 1 aromatic heterocycles. The van der Waals surface area contributed by atoms with E-state index in [9.17, 15) is 4.79 Å². The third-order valence-corrected chi connectivity index (χ3v) is 3.88. The summed E-state index contributed by atoms with van der Waals surface area (Å²) in [5, 5.41) is 6.41. The summed E-state index contributed by atoms with van der Waals surface area (Å²) in [7, 11) is 1.75. The molecule has 0 saturated heterocycles. The number of aromatic nitrogens is 1. The van der Waals surface area contributed by atoms with Crippen LogP contribution in [0.3, 0.4) is 0 Å². The number of amides is 1. The number of nitrogens with zero attached hydrogens (tertiary/aromatic N) is 1. The number of rotatable bonds is 5. The number of nitrogens with one attached hydrogen (secondary N) is 2. The Morgan fingerprint density at radius 2 is 2.12 bits per heavy atom. The fourth-order valence-corrected chi connectivity index (χ4v) is 1.93. The molecule has 4 N–H and O–H groups in total. The molecule has 1 heterocycles. The van der Waals surface area contributed by atoms with Gasteiger partial charge in [0.05, 0.1) is 0 Å². The van der Waals surface area contributed by atoms with Crippen molar-refractivity contribution in [1.29, 1.82) is 0 Å². The van der Waals surface area contributed by atoms with Gasteiger partial charge in [-0.15, -0.1) is 0 Å². The van der Waals surface area contributed by atoms with Crippen LogP contribution >= 0.6 is 11.3 Å². The van der Waals surface area contributed by atoms with Crippen molar-refractivity contribution in [2.24, 2.45) is 11.8 Å². The number of hydrogen-bond acceptors (Lipinski definition) is 5. The zero-order valence-electron chi connectivity index (χ0n) is 10.7. The maximum absolute atomic E-state index is 11.9. The van der Waals surface area contributed by atoms with Gasteiger partial charge in [0.15, 0.2) is 5.13 Å². The molecule has 1 rings (SSSR count). The lowest BCUT2D eigenvalue weighted by Crippen LogP contribution is -2.30. The first kappa shape index (κ1) is 13.8. The van der Waals surface area contributed by atoms with Crippen molar-refractivity contribution < 1.29 is 4.79 Å². The van der Waals surface area contributed by atoms with Gasteiger partial charge in [0, 0.05) is 13.6 Å². The minimum absolute atomic E-state index is 0.144. The van der Waals surface area contributed by atoms with E-state index in [1.807, 2.05) is 0 Å². The van der Waals surface area contributed by atoms with Crippen molar-refractivity contribution in [2.45, 2.75) is 20.8 Å². The van der Waals surface area contributed by atoms with Gasteiger partial charge >= 0.3 is 0 Å². The van der Waals surface area contributed by atoms with Crippen molar-refractivity contribution >= 4 is 28.2 Å². The molecular weight excluding hydrogens is 236 g/mol. The summed E-state index contributed by atoms with van der Waals surface area (Å²) in [6.07, 6.45) is 0. The molecule has 0 aliphatic rings. The van der Waals surface area contributed by atoms with Gasteiger partial charge < -0.3 is 16.4 Å². The van der Waals surface area contributed by atoms with E-state index in [1.54, 1.807) is 7.05 Å². The molecule has 0 bridgehead atoms. The first-order chi connectivity index (χ1) is 7.95. The molecule has 0 aliphatic heterocycles. The lowest BCUT2D eigenvalue weighted by molar-refractivity contribution is 0.0949. The van der Waals surface area contributed by atoms with Crippen molar-refractivity contribution in [3.8, 4) is 0 Å². The second kappa shape index (κ2) is 5.86. The molecule has 0 fully saturated rings. The number of nitrogens with two attached hydrogens (primary N) is 1. The first-order valence-electron chi connectivity index (χ1n) is 5.68. The second-order valence-corrected chi connectivity index (χ2v) is 5.41. The Morgan fingerprint density at radius 1 is 1.47 bits per heavy atom. The SMILES string of the molecule is CNc1nc(N)c(C(=O)NCC(C)C(C)C)s1. The van der Waals surface area contributed by atoms with Crippen LogP contribution in [0.25, 0.3) is 0 Å². The first-order valence-corrected chi connectivity index (χ1v) is 6.49. The normalized spacial score (nSPS) is 12.5. The van der Waals surface area contributed by atoms with E-state index in [-0.39, 0.29) is 11.7 Å². The van der Waals surface area contributed by atoms with Gasteiger partial charge in [-0.25, -0.2) is 4.98 Å². The average Bonchev–Trinajstić information content (AvgIpc) is 2.66. The summed E-state index contributed by atoms with van der Waals surface area (Å²) in [4.78, 5) is 16.4. The minimum Gasteiger partial charge on any atom is -0.382 e. The summed E-state index contributed by atoms with van der Waals surface area (Å²) in [5.74, 6) is 1.13. The van der Waals surface area contributed by atoms with E-state index >= 15 is 0 Å². The number of carbonyl (C=O) groups excluding carboxylic acids is 1. The highest BCUT2D eigenvalue weighted by atomic mass is 32.1. The zero-order valence-corrected chi connectivity index (χ0v) is 11.5. The van der Waals surface area contributed by atoms with Crippen molar-refractivity contribution in [3.63, 3.8) is 0 Å². The van der Waals surface area contributed by atoms with Crippen LogP contribution in [-0.4, -0.2) is 24.5 Å². The Kier molecular flexibility index (Phi) is 4.74. The van der Waals surface area contributed by atoms with Gasteiger partial charge in [-0.2, -0.15) is 0 Å². The quantitative estimate of drug-likeness (QED) is 0.750. The van der Waals surface area contributed by atoms with E-state index < -0.39 is 0 Å². The Bertz CT molecular complexity index is 389. The van der Waals surface area contributed by atoms with E-state index in [0.717, 1.165) is 0 Å². The molecule has 1 unspecified atom stereocenters. The smallest absolute Gasteiger partial charge is 0.265 e. The largest absolute Gasteiger partial charge is 0.382 e. The molecule has 6 heteroatoms. The van der Waals surface area contributed by atoms with Crippen LogP contribution < -0.4 is 16.4 Å². The van der Waals surface area contributed by atoms with Crippen LogP contribution in [0.15, 0.2) is 0 Å². The standard InChI is InChI=1S/C11H20N4OS/c1-6(2)7(3)5-14-10(16)8-9(12)15-11(13-4)17-8/h6-7H,5,12H2,1-4H3,(H,13,15)(H,14,16). The third-order valence-electron chi connectivity index (χ3n) is 2.80. The van der Waals surface area contributed by atoms with E-state index in [0.29, 0.717) is 28.4 Å². The molecular formula is C11H20N4OS. The third kappa shape index (κ3) is 3.59. The van der Waals surface area contributed by atoms with Gasteiger partial charge in [0.2, 0.25) is 0 Å². The maximum atomic E-state index is 11.9. The van der Waals surface area contributed by atoms with Crippen LogP contribution in [0.2, 0.25) is 0 Å². The molecule has 1 aromatic rings. The average molecular weight is 256 g/mol. The molecule has 0 aromatic carbocycles. The predicted molar refractivity (Wildman–Crippen MR) is 72.4 cm³/mol. The van der Waals surface area contributed by atoms with Crippen LogP contribution in [0.4, 0.5) is 10.9 Å². The molecule has 5 nitrogen and oxygen atoms in total. The van der Waals surface area contributed by atoms with Gasteiger partial charge in [-0.05, 0) is 11.8 Å². The molecule has 96 valence electrons. The van der Waals surface area contributed by atoms with Gasteiger partial charge in [-0.3, -0.25) is 4.79 Å². The highest BCUT2D eigenvalue weighted by Gasteiger charge is 2.16. The van der Waals surface area contributed by atoms with E-state index in [1.165, 1.54) is 11.3 Å². The minimum atomic E-state index is -0.144. The Morgan fingerprint density at radius 3 is 2.59 bits per heavy atom. The molecule has 0 radical (unpaired) electrons. The highest BCUT2D eigenvalue weighted by molar-refractivity contribution is 7.18. The summed E-state index contributed by atoms with van der Waals surface area (Å²) < 4.78 is 0. The Hall–Kier alpha value is -1.30. The lowest BCUT2D eigenvalue weighted by atomic mass is 9.98. The lowest BCUT2D eigenvalue weighted by Gasteiger charge is -2.15. The topological polar surface area (TPSA) is 80.0 Å². The van der Waals surface area contributed by atoms with Gasteiger partial charge in [-0.1, -0.05) is 32.1 Å². The van der Waals surface area contributed by atoms with Crippen LogP contribution in [0.5, 0.6) is 0 Å². The Balaban J connectivity index is 2.60.